The maximum absolute atomic E-state index is 11.4. The van der Waals surface area contributed by atoms with Gasteiger partial charge in [-0.25, -0.2) is 4.79 Å². The van der Waals surface area contributed by atoms with Crippen LogP contribution in [-0.2, 0) is 20.9 Å². The molecule has 1 fully saturated rings. The fraction of sp³-hybridized carbons (Fsp3) is 0.462. The molecule has 1 aliphatic rings. The van der Waals surface area contributed by atoms with Gasteiger partial charge in [0.05, 0.1) is 18.7 Å². The summed E-state index contributed by atoms with van der Waals surface area (Å²) in [4.78, 5) is 34.1. The summed E-state index contributed by atoms with van der Waals surface area (Å²) < 4.78 is 9.81. The highest BCUT2D eigenvalue weighted by Crippen LogP contribution is 2.38. The summed E-state index contributed by atoms with van der Waals surface area (Å²) in [5.41, 5.74) is 0. The highest BCUT2D eigenvalue weighted by atomic mass is 16.5. The Hall–Kier alpha value is -2.31. The number of urea groups is 1. The molecule has 1 aliphatic carbocycles. The molecule has 0 aliphatic heterocycles. The average Bonchev–Trinajstić information content (AvgIpc) is 2.92. The number of hydrogen-bond donors (Lipinski definition) is 2. The van der Waals surface area contributed by atoms with E-state index < -0.39 is 18.5 Å². The van der Waals surface area contributed by atoms with Crippen LogP contribution < -0.4 is 10.6 Å². The monoisotopic (exact) mass is 280 g/mol. The third kappa shape index (κ3) is 4.11. The van der Waals surface area contributed by atoms with Crippen LogP contribution >= 0.6 is 0 Å². The first-order chi connectivity index (χ1) is 9.56. The van der Waals surface area contributed by atoms with E-state index >= 15 is 0 Å². The number of ether oxygens (including phenoxy) is 1. The van der Waals surface area contributed by atoms with E-state index in [1.807, 2.05) is 6.92 Å². The van der Waals surface area contributed by atoms with E-state index in [4.69, 9.17) is 9.15 Å². The lowest BCUT2D eigenvalue weighted by Gasteiger charge is -2.06. The molecule has 1 heterocycles. The molecule has 7 heteroatoms. The smallest absolute Gasteiger partial charge is 0.321 e. The minimum absolute atomic E-state index is 0.101. The predicted molar refractivity (Wildman–Crippen MR) is 67.3 cm³/mol. The molecule has 7 nitrogen and oxygen atoms in total. The van der Waals surface area contributed by atoms with Crippen molar-refractivity contribution in [2.24, 2.45) is 11.8 Å². The maximum Gasteiger partial charge on any atom is 0.321 e. The van der Waals surface area contributed by atoms with Gasteiger partial charge in [-0.3, -0.25) is 14.9 Å². The zero-order chi connectivity index (χ0) is 14.5. The Kier molecular flexibility index (Phi) is 4.39. The Balaban J connectivity index is 1.61. The molecule has 0 bridgehead atoms. The highest BCUT2D eigenvalue weighted by Gasteiger charge is 2.40. The SMILES string of the molecule is C[C@@H]1C[C@@H]1C(=O)OCC(=O)NC(=O)NCc1ccco1. The van der Waals surface area contributed by atoms with Crippen molar-refractivity contribution in [2.75, 3.05) is 6.61 Å². The van der Waals surface area contributed by atoms with Crippen molar-refractivity contribution in [1.29, 1.82) is 0 Å². The fourth-order valence-electron chi connectivity index (χ4n) is 1.68. The van der Waals surface area contributed by atoms with E-state index in [9.17, 15) is 14.4 Å². The van der Waals surface area contributed by atoms with Gasteiger partial charge in [0.1, 0.15) is 5.76 Å². The maximum atomic E-state index is 11.4. The van der Waals surface area contributed by atoms with Crippen LogP contribution in [0.3, 0.4) is 0 Å². The second kappa shape index (κ2) is 6.23. The molecule has 2 rings (SSSR count). The normalized spacial score (nSPS) is 20.1. The number of rotatable bonds is 5. The van der Waals surface area contributed by atoms with E-state index in [-0.39, 0.29) is 18.4 Å². The highest BCUT2D eigenvalue weighted by molar-refractivity contribution is 5.95. The second-order valence-corrected chi connectivity index (χ2v) is 4.74. The summed E-state index contributed by atoms with van der Waals surface area (Å²) in [5.74, 6) is -0.258. The van der Waals surface area contributed by atoms with Gasteiger partial charge in [0, 0.05) is 0 Å². The Morgan fingerprint density at radius 2 is 2.20 bits per heavy atom. The number of hydrogen-bond acceptors (Lipinski definition) is 5. The first-order valence-corrected chi connectivity index (χ1v) is 6.33. The number of nitrogens with one attached hydrogen (secondary N) is 2. The van der Waals surface area contributed by atoms with Gasteiger partial charge >= 0.3 is 12.0 Å². The van der Waals surface area contributed by atoms with E-state index in [1.165, 1.54) is 6.26 Å². The van der Waals surface area contributed by atoms with Crippen molar-refractivity contribution in [2.45, 2.75) is 19.9 Å². The Labute approximate surface area is 115 Å². The summed E-state index contributed by atoms with van der Waals surface area (Å²) in [6.45, 7) is 1.66. The number of amides is 3. The molecule has 1 aromatic heterocycles. The van der Waals surface area contributed by atoms with E-state index in [2.05, 4.69) is 10.6 Å². The lowest BCUT2D eigenvalue weighted by atomic mass is 10.3. The minimum Gasteiger partial charge on any atom is -0.467 e. The van der Waals surface area contributed by atoms with Crippen molar-refractivity contribution >= 4 is 17.9 Å². The Morgan fingerprint density at radius 1 is 1.45 bits per heavy atom. The van der Waals surface area contributed by atoms with Gasteiger partial charge in [-0.15, -0.1) is 0 Å². The number of furan rings is 1. The first-order valence-electron chi connectivity index (χ1n) is 6.33. The molecule has 108 valence electrons. The number of esters is 1. The molecule has 20 heavy (non-hydrogen) atoms. The van der Waals surface area contributed by atoms with Gasteiger partial charge in [-0.1, -0.05) is 6.92 Å². The van der Waals surface area contributed by atoms with Crippen molar-refractivity contribution < 1.29 is 23.5 Å². The van der Waals surface area contributed by atoms with Crippen LogP contribution in [0.2, 0.25) is 0 Å². The van der Waals surface area contributed by atoms with Crippen LogP contribution in [0.1, 0.15) is 19.1 Å². The molecule has 2 atom stereocenters. The molecule has 0 radical (unpaired) electrons. The van der Waals surface area contributed by atoms with Crippen molar-refractivity contribution in [1.82, 2.24) is 10.6 Å². The van der Waals surface area contributed by atoms with Crippen LogP contribution in [0, 0.1) is 11.8 Å². The van der Waals surface area contributed by atoms with Crippen LogP contribution in [-0.4, -0.2) is 24.5 Å². The van der Waals surface area contributed by atoms with Crippen molar-refractivity contribution in [3.05, 3.63) is 24.2 Å². The summed E-state index contributed by atoms with van der Waals surface area (Å²) in [5, 5.41) is 4.50. The summed E-state index contributed by atoms with van der Waals surface area (Å²) in [7, 11) is 0. The standard InChI is InChI=1S/C13H16N2O5/c1-8-5-10(8)12(17)20-7-11(16)15-13(18)14-6-9-3-2-4-19-9/h2-4,8,10H,5-7H2,1H3,(H2,14,15,16,18)/t8-,10+/m1/s1. The Morgan fingerprint density at radius 3 is 2.80 bits per heavy atom. The summed E-state index contributed by atoms with van der Waals surface area (Å²) >= 11 is 0. The zero-order valence-corrected chi connectivity index (χ0v) is 11.0. The second-order valence-electron chi connectivity index (χ2n) is 4.74. The van der Waals surface area contributed by atoms with Gasteiger partial charge in [0.25, 0.3) is 5.91 Å². The molecule has 0 spiro atoms. The number of carbonyl (C=O) groups excluding carboxylic acids is 3. The van der Waals surface area contributed by atoms with Gasteiger partial charge in [0.15, 0.2) is 6.61 Å². The third-order valence-electron chi connectivity index (χ3n) is 3.01. The van der Waals surface area contributed by atoms with Gasteiger partial charge in [-0.05, 0) is 24.5 Å². The minimum atomic E-state index is -0.665. The van der Waals surface area contributed by atoms with Gasteiger partial charge in [0.2, 0.25) is 0 Å². The predicted octanol–water partition coefficient (Wildman–Crippen LogP) is 0.805. The largest absolute Gasteiger partial charge is 0.467 e. The fourth-order valence-corrected chi connectivity index (χ4v) is 1.68. The number of carbonyl (C=O) groups is 3. The topological polar surface area (TPSA) is 97.6 Å². The molecule has 3 amide bonds. The zero-order valence-electron chi connectivity index (χ0n) is 11.0. The number of imide groups is 1. The van der Waals surface area contributed by atoms with Crippen LogP contribution in [0.5, 0.6) is 0 Å². The van der Waals surface area contributed by atoms with E-state index in [0.29, 0.717) is 11.7 Å². The molecule has 1 saturated carbocycles. The molecule has 0 unspecified atom stereocenters. The quantitative estimate of drug-likeness (QED) is 0.778. The third-order valence-corrected chi connectivity index (χ3v) is 3.01. The van der Waals surface area contributed by atoms with Gasteiger partial charge < -0.3 is 14.5 Å². The summed E-state index contributed by atoms with van der Waals surface area (Å²) in [6, 6.07) is 2.72. The van der Waals surface area contributed by atoms with E-state index in [0.717, 1.165) is 6.42 Å². The molecule has 2 N–H and O–H groups in total. The van der Waals surface area contributed by atoms with Crippen LogP contribution in [0.4, 0.5) is 4.79 Å². The first kappa shape index (κ1) is 14.1. The van der Waals surface area contributed by atoms with E-state index in [1.54, 1.807) is 12.1 Å². The van der Waals surface area contributed by atoms with Gasteiger partial charge in [-0.2, -0.15) is 0 Å². The summed E-state index contributed by atoms with van der Waals surface area (Å²) in [6.07, 6.45) is 2.28. The van der Waals surface area contributed by atoms with Crippen molar-refractivity contribution in [3.63, 3.8) is 0 Å². The molecular formula is C13H16N2O5. The van der Waals surface area contributed by atoms with Crippen molar-refractivity contribution in [3.8, 4) is 0 Å². The molecular weight excluding hydrogens is 264 g/mol. The van der Waals surface area contributed by atoms with Crippen LogP contribution in [0.25, 0.3) is 0 Å². The lowest BCUT2D eigenvalue weighted by molar-refractivity contribution is -0.149. The Bertz CT molecular complexity index is 497. The molecule has 1 aromatic rings. The average molecular weight is 280 g/mol. The molecule has 0 saturated heterocycles. The molecule has 0 aromatic carbocycles. The van der Waals surface area contributed by atoms with Crippen LogP contribution in [0.15, 0.2) is 22.8 Å². The lowest BCUT2D eigenvalue weighted by Crippen LogP contribution is -2.41.